The van der Waals surface area contributed by atoms with Crippen molar-refractivity contribution in [3.8, 4) is 0 Å². The highest BCUT2D eigenvalue weighted by molar-refractivity contribution is 5.06. The summed E-state index contributed by atoms with van der Waals surface area (Å²) in [5.74, 6) is 1.72. The van der Waals surface area contributed by atoms with Crippen LogP contribution in [0.3, 0.4) is 0 Å². The molecule has 0 spiro atoms. The van der Waals surface area contributed by atoms with Crippen LogP contribution in [0.1, 0.15) is 103 Å². The van der Waals surface area contributed by atoms with Crippen molar-refractivity contribution in [1.82, 2.24) is 0 Å². The molecule has 0 saturated carbocycles. The van der Waals surface area contributed by atoms with E-state index in [1.165, 1.54) is 12.0 Å². The fourth-order valence-corrected chi connectivity index (χ4v) is 0.289. The van der Waals surface area contributed by atoms with Gasteiger partial charge in [-0.15, -0.1) is 6.58 Å². The van der Waals surface area contributed by atoms with E-state index < -0.39 is 0 Å². The molecular weight excluding hydrogens is 276 g/mol. The molecule has 0 rings (SSSR count). The van der Waals surface area contributed by atoms with E-state index in [-0.39, 0.29) is 0 Å². The highest BCUT2D eigenvalue weighted by Crippen LogP contribution is 1.93. The van der Waals surface area contributed by atoms with Crippen molar-refractivity contribution in [3.63, 3.8) is 0 Å². The second-order valence-corrected chi connectivity index (χ2v) is 5.71. The summed E-state index contributed by atoms with van der Waals surface area (Å²) in [5.41, 5.74) is 1.35. The maximum Gasteiger partial charge on any atom is -0.0439 e. The number of allylic oxidation sites excluding steroid dienone is 5. The zero-order valence-electron chi connectivity index (χ0n) is 19.4. The van der Waals surface area contributed by atoms with Crippen molar-refractivity contribution in [2.45, 2.75) is 103 Å². The molecule has 0 atom stereocenters. The Morgan fingerprint density at radius 1 is 0.870 bits per heavy atom. The fourth-order valence-electron chi connectivity index (χ4n) is 0.289. The summed E-state index contributed by atoms with van der Waals surface area (Å²) in [6, 6.07) is 0. The van der Waals surface area contributed by atoms with Crippen molar-refractivity contribution >= 4 is 0 Å². The Labute approximate surface area is 152 Å². The number of hydrogen-bond acceptors (Lipinski definition) is 0. The summed E-state index contributed by atoms with van der Waals surface area (Å²) in [5, 5.41) is 0. The lowest BCUT2D eigenvalue weighted by molar-refractivity contribution is 0.626. The molecule has 0 aliphatic carbocycles. The van der Waals surface area contributed by atoms with E-state index in [1.807, 2.05) is 53.7 Å². The summed E-state index contributed by atoms with van der Waals surface area (Å²) in [6.45, 7) is 32.6. The third kappa shape index (κ3) is 288. The summed E-state index contributed by atoms with van der Waals surface area (Å²) < 4.78 is 0. The van der Waals surface area contributed by atoms with Crippen LogP contribution in [0.2, 0.25) is 0 Å². The van der Waals surface area contributed by atoms with Gasteiger partial charge in [0.1, 0.15) is 0 Å². The van der Waals surface area contributed by atoms with E-state index in [1.54, 1.807) is 6.08 Å². The van der Waals surface area contributed by atoms with Crippen molar-refractivity contribution in [1.29, 1.82) is 0 Å². The Balaban J connectivity index is -0.0000000404. The van der Waals surface area contributed by atoms with E-state index >= 15 is 0 Å². The van der Waals surface area contributed by atoms with Gasteiger partial charge in [-0.25, -0.2) is 0 Å². The first-order chi connectivity index (χ1) is 10.7. The van der Waals surface area contributed by atoms with Gasteiger partial charge in [0, 0.05) is 0 Å². The SMILES string of the molecule is C/C=C/C=C(C)C.C=CC.CC.CC.CC(C)C.CCC(C)C. The highest BCUT2D eigenvalue weighted by atomic mass is 13.9. The summed E-state index contributed by atoms with van der Waals surface area (Å²) in [7, 11) is 0. The molecule has 0 bridgehead atoms. The van der Waals surface area contributed by atoms with Crippen LogP contribution < -0.4 is 0 Å². The molecule has 0 aromatic carbocycles. The molecule has 0 unspecified atom stereocenters. The molecule has 0 aromatic heterocycles. The van der Waals surface area contributed by atoms with Crippen LogP contribution in [0, 0.1) is 11.8 Å². The van der Waals surface area contributed by atoms with Crippen molar-refractivity contribution in [2.75, 3.05) is 0 Å². The van der Waals surface area contributed by atoms with Crippen LogP contribution in [0.5, 0.6) is 0 Å². The third-order valence-electron chi connectivity index (χ3n) is 1.44. The number of rotatable bonds is 2. The van der Waals surface area contributed by atoms with Gasteiger partial charge in [0.15, 0.2) is 0 Å². The van der Waals surface area contributed by atoms with Crippen LogP contribution in [-0.4, -0.2) is 0 Å². The normalized spacial score (nSPS) is 7.65. The molecule has 0 N–H and O–H groups in total. The van der Waals surface area contributed by atoms with Gasteiger partial charge < -0.3 is 0 Å². The maximum absolute atomic E-state index is 3.36. The summed E-state index contributed by atoms with van der Waals surface area (Å²) in [4.78, 5) is 0. The average molecular weight is 329 g/mol. The lowest BCUT2D eigenvalue weighted by Gasteiger charge is -1.90. The molecule has 0 radical (unpaired) electrons. The van der Waals surface area contributed by atoms with Gasteiger partial charge in [-0.05, 0) is 39.5 Å². The van der Waals surface area contributed by atoms with E-state index in [0.717, 1.165) is 11.8 Å². The highest BCUT2D eigenvalue weighted by Gasteiger charge is 1.80. The van der Waals surface area contributed by atoms with Gasteiger partial charge in [-0.1, -0.05) is 106 Å². The van der Waals surface area contributed by atoms with Gasteiger partial charge in [-0.3, -0.25) is 0 Å². The number of hydrogen-bond donors (Lipinski definition) is 0. The Morgan fingerprint density at radius 2 is 1.09 bits per heavy atom. The molecule has 0 nitrogen and oxygen atoms in total. The Bertz CT molecular complexity index is 185. The van der Waals surface area contributed by atoms with Gasteiger partial charge in [-0.2, -0.15) is 0 Å². The van der Waals surface area contributed by atoms with Crippen molar-refractivity contribution in [3.05, 3.63) is 36.5 Å². The molecule has 144 valence electrons. The topological polar surface area (TPSA) is 0 Å². The van der Waals surface area contributed by atoms with Crippen LogP contribution in [0.15, 0.2) is 36.5 Å². The third-order valence-corrected chi connectivity index (χ3v) is 1.44. The molecule has 0 aliphatic heterocycles. The fraction of sp³-hybridized carbons (Fsp3) is 0.739. The lowest BCUT2D eigenvalue weighted by atomic mass is 10.2. The maximum atomic E-state index is 3.36. The quantitative estimate of drug-likeness (QED) is 0.349. The minimum absolute atomic E-state index is 0.833. The van der Waals surface area contributed by atoms with Gasteiger partial charge in [0.25, 0.3) is 0 Å². The molecule has 0 fully saturated rings. The zero-order chi connectivity index (χ0) is 20.3. The molecule has 0 amide bonds. The van der Waals surface area contributed by atoms with Crippen molar-refractivity contribution < 1.29 is 0 Å². The van der Waals surface area contributed by atoms with E-state index in [0.29, 0.717) is 0 Å². The van der Waals surface area contributed by atoms with Crippen LogP contribution in [-0.2, 0) is 0 Å². The van der Waals surface area contributed by atoms with Gasteiger partial charge in [0.05, 0.1) is 0 Å². The predicted octanol–water partition coefficient (Wildman–Crippen LogP) is 9.49. The van der Waals surface area contributed by atoms with Crippen LogP contribution in [0.25, 0.3) is 0 Å². The van der Waals surface area contributed by atoms with E-state index in [9.17, 15) is 0 Å². The van der Waals surface area contributed by atoms with E-state index in [4.69, 9.17) is 0 Å². The molecule has 0 saturated heterocycles. The Hall–Kier alpha value is -0.780. The largest absolute Gasteiger partial charge is 0.103 e. The molecule has 0 heterocycles. The Morgan fingerprint density at radius 3 is 1.13 bits per heavy atom. The molecule has 0 aliphatic rings. The monoisotopic (exact) mass is 328 g/mol. The average Bonchev–Trinajstić information content (AvgIpc) is 2.50. The first-order valence-corrected chi connectivity index (χ1v) is 9.52. The zero-order valence-corrected chi connectivity index (χ0v) is 19.4. The Kier molecular flexibility index (Phi) is 82.1. The lowest BCUT2D eigenvalue weighted by Crippen LogP contribution is -1.77. The molecular formula is C23H52. The van der Waals surface area contributed by atoms with Crippen LogP contribution in [0.4, 0.5) is 0 Å². The molecule has 23 heavy (non-hydrogen) atoms. The van der Waals surface area contributed by atoms with Crippen LogP contribution >= 0.6 is 0 Å². The second-order valence-electron chi connectivity index (χ2n) is 5.71. The standard InChI is InChI=1S/C7H12.C5H12.C4H10.C3H6.2C2H6/c1-4-5-6-7(2)3;1-4-5(2)3;1-4(2)3;1-3-2;2*1-2/h4-6H,1-3H3;5H,4H2,1-3H3;4H,1-3H3;3H,1H2,2H3;2*1-2H3/b5-4+;;;;;. The first kappa shape index (κ1) is 38.0. The predicted molar refractivity (Wildman–Crippen MR) is 118 cm³/mol. The van der Waals surface area contributed by atoms with E-state index in [2.05, 4.69) is 68.0 Å². The summed E-state index contributed by atoms with van der Waals surface area (Å²) >= 11 is 0. The van der Waals surface area contributed by atoms with Gasteiger partial charge in [0.2, 0.25) is 0 Å². The second kappa shape index (κ2) is 49.6. The minimum atomic E-state index is 0.833. The minimum Gasteiger partial charge on any atom is -0.103 e. The molecule has 0 aromatic rings. The van der Waals surface area contributed by atoms with Gasteiger partial charge >= 0.3 is 0 Å². The smallest absolute Gasteiger partial charge is 0.0439 e. The van der Waals surface area contributed by atoms with Crippen molar-refractivity contribution in [2.24, 2.45) is 11.8 Å². The summed E-state index contributed by atoms with van der Waals surface area (Å²) in [6.07, 6.45) is 9.20. The molecule has 0 heteroatoms. The first-order valence-electron chi connectivity index (χ1n) is 9.52.